The average molecular weight is 246 g/mol. The quantitative estimate of drug-likeness (QED) is 0.887. The van der Waals surface area contributed by atoms with Crippen LogP contribution in [0.5, 0.6) is 0 Å². The average Bonchev–Trinajstić information content (AvgIpc) is 3.01. The molecule has 0 amide bonds. The van der Waals surface area contributed by atoms with Crippen LogP contribution in [0.1, 0.15) is 12.1 Å². The van der Waals surface area contributed by atoms with Crippen LogP contribution in [0.3, 0.4) is 0 Å². The van der Waals surface area contributed by atoms with Crippen molar-refractivity contribution in [1.29, 1.82) is 0 Å². The van der Waals surface area contributed by atoms with Gasteiger partial charge in [-0.05, 0) is 25.5 Å². The summed E-state index contributed by atoms with van der Waals surface area (Å²) in [6.07, 6.45) is 0.959. The number of aromatic nitrogens is 3. The third-order valence-corrected chi connectivity index (χ3v) is 2.79. The molecule has 94 valence electrons. The van der Waals surface area contributed by atoms with Gasteiger partial charge in [0, 0.05) is 12.3 Å². The van der Waals surface area contributed by atoms with Gasteiger partial charge in [-0.2, -0.15) is 0 Å². The Morgan fingerprint density at radius 2 is 2.28 bits per heavy atom. The van der Waals surface area contributed by atoms with E-state index in [2.05, 4.69) is 20.5 Å². The standard InChI is InChI=1S/C12H14N4O2/c1-8-3-2-4-10(13-8)11-15-16-12(18-11)14-9-5-6-17-7-9/h2-4,9H,5-7H2,1H3,(H,14,16). The zero-order valence-electron chi connectivity index (χ0n) is 10.1. The van der Waals surface area contributed by atoms with E-state index in [9.17, 15) is 0 Å². The number of ether oxygens (including phenoxy) is 1. The third kappa shape index (κ3) is 2.33. The van der Waals surface area contributed by atoms with Gasteiger partial charge in [0.05, 0.1) is 12.6 Å². The summed E-state index contributed by atoms with van der Waals surface area (Å²) in [5.74, 6) is 0.431. The van der Waals surface area contributed by atoms with Crippen LogP contribution in [-0.2, 0) is 4.74 Å². The summed E-state index contributed by atoms with van der Waals surface area (Å²) in [5.41, 5.74) is 1.61. The Kier molecular flexibility index (Phi) is 2.93. The van der Waals surface area contributed by atoms with Crippen molar-refractivity contribution in [3.8, 4) is 11.6 Å². The molecule has 6 heteroatoms. The number of anilines is 1. The molecule has 1 fully saturated rings. The fourth-order valence-corrected chi connectivity index (χ4v) is 1.87. The first kappa shape index (κ1) is 11.2. The zero-order chi connectivity index (χ0) is 12.4. The minimum Gasteiger partial charge on any atom is -0.402 e. The van der Waals surface area contributed by atoms with E-state index in [0.717, 1.165) is 18.7 Å². The normalized spacial score (nSPS) is 19.1. The van der Waals surface area contributed by atoms with Gasteiger partial charge in [0.2, 0.25) is 0 Å². The van der Waals surface area contributed by atoms with Crippen LogP contribution in [0.25, 0.3) is 11.6 Å². The SMILES string of the molecule is Cc1cccc(-c2nnc(NC3CCOC3)o2)n1. The predicted octanol–water partition coefficient (Wildman–Crippen LogP) is 1.64. The number of nitrogens with one attached hydrogen (secondary N) is 1. The van der Waals surface area contributed by atoms with E-state index in [-0.39, 0.29) is 6.04 Å². The van der Waals surface area contributed by atoms with Crippen molar-refractivity contribution in [2.24, 2.45) is 0 Å². The first-order chi connectivity index (χ1) is 8.81. The lowest BCUT2D eigenvalue weighted by molar-refractivity contribution is 0.195. The Labute approximate surface area is 104 Å². The molecule has 3 heterocycles. The van der Waals surface area contributed by atoms with Crippen molar-refractivity contribution in [2.75, 3.05) is 18.5 Å². The van der Waals surface area contributed by atoms with Crippen LogP contribution in [-0.4, -0.2) is 34.4 Å². The molecule has 2 aromatic rings. The van der Waals surface area contributed by atoms with Crippen molar-refractivity contribution in [3.63, 3.8) is 0 Å². The molecule has 0 bridgehead atoms. The lowest BCUT2D eigenvalue weighted by Gasteiger charge is -2.05. The summed E-state index contributed by atoms with van der Waals surface area (Å²) in [6.45, 7) is 3.38. The third-order valence-electron chi connectivity index (χ3n) is 2.79. The first-order valence-electron chi connectivity index (χ1n) is 5.93. The van der Waals surface area contributed by atoms with E-state index in [4.69, 9.17) is 9.15 Å². The van der Waals surface area contributed by atoms with Crippen LogP contribution >= 0.6 is 0 Å². The number of hydrogen-bond acceptors (Lipinski definition) is 6. The van der Waals surface area contributed by atoms with Gasteiger partial charge in [-0.1, -0.05) is 11.2 Å². The summed E-state index contributed by atoms with van der Waals surface area (Å²) in [5, 5.41) is 11.1. The maximum Gasteiger partial charge on any atom is 0.316 e. The van der Waals surface area contributed by atoms with Gasteiger partial charge in [0.1, 0.15) is 5.69 Å². The Morgan fingerprint density at radius 1 is 1.33 bits per heavy atom. The van der Waals surface area contributed by atoms with Crippen LogP contribution < -0.4 is 5.32 Å². The Balaban J connectivity index is 1.76. The number of pyridine rings is 1. The van der Waals surface area contributed by atoms with Crippen LogP contribution in [0.4, 0.5) is 6.01 Å². The lowest BCUT2D eigenvalue weighted by Crippen LogP contribution is -2.18. The molecule has 2 aromatic heterocycles. The first-order valence-corrected chi connectivity index (χ1v) is 5.93. The largest absolute Gasteiger partial charge is 0.402 e. The van der Waals surface area contributed by atoms with E-state index in [1.807, 2.05) is 25.1 Å². The van der Waals surface area contributed by atoms with E-state index < -0.39 is 0 Å². The van der Waals surface area contributed by atoms with Crippen molar-refractivity contribution in [1.82, 2.24) is 15.2 Å². The zero-order valence-corrected chi connectivity index (χ0v) is 10.1. The summed E-state index contributed by atoms with van der Waals surface area (Å²) in [6, 6.07) is 6.37. The Hall–Kier alpha value is -1.95. The molecule has 1 atom stereocenters. The van der Waals surface area contributed by atoms with Gasteiger partial charge >= 0.3 is 6.01 Å². The van der Waals surface area contributed by atoms with Gasteiger partial charge in [0.25, 0.3) is 5.89 Å². The van der Waals surface area contributed by atoms with Crippen LogP contribution in [0.2, 0.25) is 0 Å². The van der Waals surface area contributed by atoms with Crippen molar-refractivity contribution >= 4 is 6.01 Å². The molecule has 3 rings (SSSR count). The fourth-order valence-electron chi connectivity index (χ4n) is 1.87. The molecule has 0 spiro atoms. The topological polar surface area (TPSA) is 73.1 Å². The molecule has 18 heavy (non-hydrogen) atoms. The summed E-state index contributed by atoms with van der Waals surface area (Å²) in [7, 11) is 0. The molecule has 1 N–H and O–H groups in total. The molecule has 0 saturated carbocycles. The second-order valence-corrected chi connectivity index (χ2v) is 4.28. The molecule has 0 aromatic carbocycles. The van der Waals surface area contributed by atoms with Gasteiger partial charge in [-0.25, -0.2) is 4.98 Å². The summed E-state index contributed by atoms with van der Waals surface area (Å²) >= 11 is 0. The number of hydrogen-bond donors (Lipinski definition) is 1. The summed E-state index contributed by atoms with van der Waals surface area (Å²) in [4.78, 5) is 4.34. The smallest absolute Gasteiger partial charge is 0.316 e. The highest BCUT2D eigenvalue weighted by Gasteiger charge is 2.18. The minimum atomic E-state index is 0.253. The molecule has 1 unspecified atom stereocenters. The molecular formula is C12H14N4O2. The highest BCUT2D eigenvalue weighted by molar-refractivity contribution is 5.47. The molecule has 1 aliphatic heterocycles. The lowest BCUT2D eigenvalue weighted by atomic mass is 10.3. The summed E-state index contributed by atoms with van der Waals surface area (Å²) < 4.78 is 10.8. The predicted molar refractivity (Wildman–Crippen MR) is 65.1 cm³/mol. The van der Waals surface area contributed by atoms with Crippen LogP contribution in [0, 0.1) is 6.92 Å². The Bertz CT molecular complexity index is 534. The second kappa shape index (κ2) is 4.73. The van der Waals surface area contributed by atoms with Crippen molar-refractivity contribution in [2.45, 2.75) is 19.4 Å². The number of rotatable bonds is 3. The molecule has 1 aliphatic rings. The van der Waals surface area contributed by atoms with E-state index in [1.54, 1.807) is 0 Å². The molecule has 1 saturated heterocycles. The highest BCUT2D eigenvalue weighted by atomic mass is 16.5. The maximum atomic E-state index is 5.54. The van der Waals surface area contributed by atoms with Gasteiger partial charge < -0.3 is 14.5 Å². The minimum absolute atomic E-state index is 0.253. The Morgan fingerprint density at radius 3 is 3.06 bits per heavy atom. The van der Waals surface area contributed by atoms with Gasteiger partial charge in [-0.3, -0.25) is 0 Å². The fraction of sp³-hybridized carbons (Fsp3) is 0.417. The van der Waals surface area contributed by atoms with Gasteiger partial charge in [0.15, 0.2) is 0 Å². The van der Waals surface area contributed by atoms with Gasteiger partial charge in [-0.15, -0.1) is 5.10 Å². The monoisotopic (exact) mass is 246 g/mol. The van der Waals surface area contributed by atoms with Crippen molar-refractivity contribution in [3.05, 3.63) is 23.9 Å². The molecular weight excluding hydrogens is 232 g/mol. The second-order valence-electron chi connectivity index (χ2n) is 4.28. The highest BCUT2D eigenvalue weighted by Crippen LogP contribution is 2.19. The molecule has 6 nitrogen and oxygen atoms in total. The number of nitrogens with zero attached hydrogens (tertiary/aromatic N) is 3. The van der Waals surface area contributed by atoms with Crippen LogP contribution in [0.15, 0.2) is 22.6 Å². The number of aryl methyl sites for hydroxylation is 1. The van der Waals surface area contributed by atoms with E-state index in [0.29, 0.717) is 24.2 Å². The maximum absolute atomic E-state index is 5.54. The van der Waals surface area contributed by atoms with E-state index >= 15 is 0 Å². The molecule has 0 aliphatic carbocycles. The van der Waals surface area contributed by atoms with E-state index in [1.165, 1.54) is 0 Å². The molecule has 0 radical (unpaired) electrons. The van der Waals surface area contributed by atoms with Crippen molar-refractivity contribution < 1.29 is 9.15 Å².